The Morgan fingerprint density at radius 3 is 2.68 bits per heavy atom. The fraction of sp³-hybridized carbons (Fsp3) is 0.0526. The van der Waals surface area contributed by atoms with Crippen molar-refractivity contribution in [2.75, 3.05) is 0 Å². The molecule has 3 rings (SSSR count). The molecule has 6 heteroatoms. The van der Waals surface area contributed by atoms with E-state index >= 15 is 0 Å². The number of allylic oxidation sites excluding steroid dienone is 1. The number of nitrogens with zero attached hydrogens (tertiary/aromatic N) is 3. The van der Waals surface area contributed by atoms with Crippen LogP contribution >= 0.6 is 11.3 Å². The number of aromatic nitrogens is 1. The Labute approximate surface area is 148 Å². The highest BCUT2D eigenvalue weighted by Crippen LogP contribution is 2.31. The SMILES string of the molecule is Cc1sc(/C(C#N)=C/c2cccc([N+](=O)[O-])c2)nc1-c1ccccc1. The van der Waals surface area contributed by atoms with E-state index in [0.717, 1.165) is 16.1 Å². The number of hydrogen-bond acceptors (Lipinski definition) is 5. The number of nitro benzene ring substituents is 1. The number of aryl methyl sites for hydroxylation is 1. The highest BCUT2D eigenvalue weighted by molar-refractivity contribution is 7.13. The van der Waals surface area contributed by atoms with Crippen molar-refractivity contribution in [3.63, 3.8) is 0 Å². The molecule has 1 aromatic heterocycles. The second-order valence-corrected chi connectivity index (χ2v) is 6.51. The Morgan fingerprint density at radius 2 is 2.00 bits per heavy atom. The lowest BCUT2D eigenvalue weighted by molar-refractivity contribution is -0.384. The van der Waals surface area contributed by atoms with Crippen molar-refractivity contribution >= 4 is 28.7 Å². The van der Waals surface area contributed by atoms with E-state index in [0.29, 0.717) is 16.1 Å². The number of rotatable bonds is 4. The molecule has 0 aliphatic heterocycles. The Balaban J connectivity index is 2.01. The summed E-state index contributed by atoms with van der Waals surface area (Å²) in [5.41, 5.74) is 2.82. The monoisotopic (exact) mass is 347 g/mol. The summed E-state index contributed by atoms with van der Waals surface area (Å²) in [6, 6.07) is 18.1. The first-order chi connectivity index (χ1) is 12.1. The van der Waals surface area contributed by atoms with E-state index in [2.05, 4.69) is 11.1 Å². The Hall–Kier alpha value is -3.30. The van der Waals surface area contributed by atoms with Gasteiger partial charge < -0.3 is 0 Å². The Kier molecular flexibility index (Phi) is 4.68. The zero-order chi connectivity index (χ0) is 17.8. The third-order valence-electron chi connectivity index (χ3n) is 3.59. The third kappa shape index (κ3) is 3.62. The Bertz CT molecular complexity index is 1000. The van der Waals surface area contributed by atoms with Crippen LogP contribution in [0.2, 0.25) is 0 Å². The summed E-state index contributed by atoms with van der Waals surface area (Å²) in [7, 11) is 0. The molecule has 0 spiro atoms. The molecule has 0 N–H and O–H groups in total. The highest BCUT2D eigenvalue weighted by Gasteiger charge is 2.13. The van der Waals surface area contributed by atoms with Crippen molar-refractivity contribution in [1.82, 2.24) is 4.98 Å². The maximum atomic E-state index is 10.9. The molecule has 0 bridgehead atoms. The van der Waals surface area contributed by atoms with Gasteiger partial charge in [-0.3, -0.25) is 10.1 Å². The minimum atomic E-state index is -0.454. The first-order valence-electron chi connectivity index (χ1n) is 7.48. The van der Waals surface area contributed by atoms with Gasteiger partial charge in [0.05, 0.1) is 16.2 Å². The zero-order valence-electron chi connectivity index (χ0n) is 13.3. The molecule has 0 amide bonds. The van der Waals surface area contributed by atoms with Crippen LogP contribution in [0.1, 0.15) is 15.4 Å². The number of non-ortho nitro benzene ring substituents is 1. The van der Waals surface area contributed by atoms with Crippen LogP contribution in [0.15, 0.2) is 54.6 Å². The van der Waals surface area contributed by atoms with Gasteiger partial charge in [0.25, 0.3) is 5.69 Å². The Morgan fingerprint density at radius 1 is 1.24 bits per heavy atom. The second kappa shape index (κ2) is 7.07. The van der Waals surface area contributed by atoms with E-state index in [9.17, 15) is 15.4 Å². The van der Waals surface area contributed by atoms with Gasteiger partial charge in [-0.2, -0.15) is 5.26 Å². The van der Waals surface area contributed by atoms with Crippen molar-refractivity contribution in [2.24, 2.45) is 0 Å². The average Bonchev–Trinajstić information content (AvgIpc) is 3.02. The van der Waals surface area contributed by atoms with Gasteiger partial charge in [0.15, 0.2) is 0 Å². The van der Waals surface area contributed by atoms with Crippen molar-refractivity contribution in [1.29, 1.82) is 5.26 Å². The van der Waals surface area contributed by atoms with Crippen LogP contribution in [0.5, 0.6) is 0 Å². The molecule has 0 fully saturated rings. The van der Waals surface area contributed by atoms with E-state index in [4.69, 9.17) is 0 Å². The average molecular weight is 347 g/mol. The van der Waals surface area contributed by atoms with Crippen LogP contribution in [0.3, 0.4) is 0 Å². The van der Waals surface area contributed by atoms with Gasteiger partial charge in [0, 0.05) is 22.6 Å². The summed E-state index contributed by atoms with van der Waals surface area (Å²) in [5.74, 6) is 0. The molecule has 5 nitrogen and oxygen atoms in total. The molecule has 0 saturated carbocycles. The van der Waals surface area contributed by atoms with Gasteiger partial charge >= 0.3 is 0 Å². The molecule has 0 aliphatic rings. The normalized spacial score (nSPS) is 11.1. The summed E-state index contributed by atoms with van der Waals surface area (Å²) < 4.78 is 0. The number of nitro groups is 1. The second-order valence-electron chi connectivity index (χ2n) is 5.31. The fourth-order valence-electron chi connectivity index (χ4n) is 2.41. The largest absolute Gasteiger partial charge is 0.270 e. The summed E-state index contributed by atoms with van der Waals surface area (Å²) in [6.07, 6.45) is 1.63. The van der Waals surface area contributed by atoms with Crippen LogP contribution in [0.25, 0.3) is 22.9 Å². The van der Waals surface area contributed by atoms with Crippen LogP contribution in [-0.4, -0.2) is 9.91 Å². The lowest BCUT2D eigenvalue weighted by atomic mass is 10.1. The molecule has 122 valence electrons. The first kappa shape index (κ1) is 16.6. The van der Waals surface area contributed by atoms with Gasteiger partial charge in [-0.15, -0.1) is 11.3 Å². The summed E-state index contributed by atoms with van der Waals surface area (Å²) in [5, 5.41) is 21.0. The lowest BCUT2D eigenvalue weighted by Crippen LogP contribution is -1.88. The minimum absolute atomic E-state index is 0.00802. The van der Waals surface area contributed by atoms with Gasteiger partial charge in [-0.1, -0.05) is 42.5 Å². The standard InChI is InChI=1S/C19H13N3O2S/c1-13-18(15-7-3-2-4-8-15)21-19(25-13)16(12-20)10-14-6-5-9-17(11-14)22(23)24/h2-11H,1H3/b16-10+. The highest BCUT2D eigenvalue weighted by atomic mass is 32.1. The number of hydrogen-bond donors (Lipinski definition) is 0. The molecule has 0 saturated heterocycles. The van der Waals surface area contributed by atoms with Crippen LogP contribution in [0.4, 0.5) is 5.69 Å². The van der Waals surface area contributed by atoms with Crippen molar-refractivity contribution in [2.45, 2.75) is 6.92 Å². The van der Waals surface area contributed by atoms with Crippen LogP contribution < -0.4 is 0 Å². The fourth-order valence-corrected chi connectivity index (χ4v) is 3.31. The molecule has 25 heavy (non-hydrogen) atoms. The van der Waals surface area contributed by atoms with Gasteiger partial charge in [0.1, 0.15) is 11.1 Å². The predicted molar refractivity (Wildman–Crippen MR) is 98.9 cm³/mol. The molecule has 2 aromatic carbocycles. The van der Waals surface area contributed by atoms with Crippen molar-refractivity contribution < 1.29 is 4.92 Å². The van der Waals surface area contributed by atoms with Crippen LogP contribution in [0, 0.1) is 28.4 Å². The molecule has 0 radical (unpaired) electrons. The van der Waals surface area contributed by atoms with E-state index in [1.807, 2.05) is 37.3 Å². The number of nitriles is 1. The van der Waals surface area contributed by atoms with E-state index in [-0.39, 0.29) is 5.69 Å². The molecular weight excluding hydrogens is 334 g/mol. The zero-order valence-corrected chi connectivity index (χ0v) is 14.2. The molecule has 0 aliphatic carbocycles. The molecule has 3 aromatic rings. The minimum Gasteiger partial charge on any atom is -0.258 e. The molecule has 1 heterocycles. The van der Waals surface area contributed by atoms with E-state index < -0.39 is 4.92 Å². The smallest absolute Gasteiger partial charge is 0.258 e. The summed E-state index contributed by atoms with van der Waals surface area (Å²) >= 11 is 1.44. The van der Waals surface area contributed by atoms with Gasteiger partial charge in [-0.25, -0.2) is 4.98 Å². The lowest BCUT2D eigenvalue weighted by Gasteiger charge is -1.97. The summed E-state index contributed by atoms with van der Waals surface area (Å²) in [4.78, 5) is 16.1. The topological polar surface area (TPSA) is 79.8 Å². The number of thiazole rings is 1. The summed E-state index contributed by atoms with van der Waals surface area (Å²) in [6.45, 7) is 1.96. The maximum absolute atomic E-state index is 10.9. The molecule has 0 unspecified atom stereocenters. The molecular formula is C19H13N3O2S. The maximum Gasteiger partial charge on any atom is 0.270 e. The van der Waals surface area contributed by atoms with Crippen LogP contribution in [-0.2, 0) is 0 Å². The third-order valence-corrected chi connectivity index (χ3v) is 4.59. The van der Waals surface area contributed by atoms with Gasteiger partial charge in [0.2, 0.25) is 0 Å². The predicted octanol–water partition coefficient (Wildman–Crippen LogP) is 5.09. The van der Waals surface area contributed by atoms with E-state index in [1.54, 1.807) is 18.2 Å². The molecule has 0 atom stereocenters. The quantitative estimate of drug-likeness (QED) is 0.374. The van der Waals surface area contributed by atoms with Gasteiger partial charge in [-0.05, 0) is 18.6 Å². The first-order valence-corrected chi connectivity index (χ1v) is 8.29. The van der Waals surface area contributed by atoms with Crippen molar-refractivity contribution in [3.05, 3.63) is 80.2 Å². The van der Waals surface area contributed by atoms with E-state index in [1.165, 1.54) is 23.5 Å². The number of benzene rings is 2. The van der Waals surface area contributed by atoms with Crippen molar-refractivity contribution in [3.8, 4) is 17.3 Å².